The van der Waals surface area contributed by atoms with Crippen LogP contribution in [0.25, 0.3) is 0 Å². The van der Waals surface area contributed by atoms with Crippen molar-refractivity contribution in [1.82, 2.24) is 9.97 Å². The molecule has 0 bridgehead atoms. The number of hydrogen-bond donors (Lipinski definition) is 0. The van der Waals surface area contributed by atoms with Crippen LogP contribution in [-0.4, -0.2) is 16.1 Å². The van der Waals surface area contributed by atoms with E-state index >= 15 is 0 Å². The first-order valence-electron chi connectivity index (χ1n) is 3.76. The molecule has 0 aliphatic rings. The van der Waals surface area contributed by atoms with E-state index in [9.17, 15) is 0 Å². The molecule has 11 heavy (non-hydrogen) atoms. The fourth-order valence-corrected chi connectivity index (χ4v) is 0.610. The van der Waals surface area contributed by atoms with E-state index in [1.807, 2.05) is 6.92 Å². The molecule has 1 aromatic rings. The van der Waals surface area contributed by atoms with E-state index in [-0.39, 0.29) is 6.10 Å². The molecule has 1 heterocycles. The minimum Gasteiger partial charge on any atom is -0.460 e. The summed E-state index contributed by atoms with van der Waals surface area (Å²) in [5, 5.41) is 0. The van der Waals surface area contributed by atoms with Gasteiger partial charge in [-0.05, 0) is 19.4 Å². The van der Waals surface area contributed by atoms with Crippen LogP contribution in [0.15, 0.2) is 18.5 Å². The highest BCUT2D eigenvalue weighted by Crippen LogP contribution is 2.03. The van der Waals surface area contributed by atoms with Crippen molar-refractivity contribution in [1.29, 1.82) is 0 Å². The molecule has 0 saturated heterocycles. The minimum atomic E-state index is 0.192. The van der Waals surface area contributed by atoms with Crippen LogP contribution >= 0.6 is 0 Å². The van der Waals surface area contributed by atoms with Crippen molar-refractivity contribution in [3.63, 3.8) is 0 Å². The van der Waals surface area contributed by atoms with Gasteiger partial charge in [0.2, 0.25) is 0 Å². The summed E-state index contributed by atoms with van der Waals surface area (Å²) in [6, 6.07) is 2.23. The van der Waals surface area contributed by atoms with Crippen LogP contribution in [0.1, 0.15) is 20.3 Å². The van der Waals surface area contributed by atoms with E-state index in [2.05, 4.69) is 16.9 Å². The van der Waals surface area contributed by atoms with Gasteiger partial charge in [-0.3, -0.25) is 0 Å². The summed E-state index contributed by atoms with van der Waals surface area (Å²) in [5.74, 6) is 0. The minimum absolute atomic E-state index is 0.192. The van der Waals surface area contributed by atoms with Gasteiger partial charge in [0.1, 0.15) is 0 Å². The molecule has 0 aliphatic carbocycles. The van der Waals surface area contributed by atoms with E-state index < -0.39 is 0 Å². The Kier molecular flexibility index (Phi) is 2.83. The summed E-state index contributed by atoms with van der Waals surface area (Å²) < 4.78 is 5.34. The van der Waals surface area contributed by atoms with Crippen LogP contribution < -0.4 is 4.74 Å². The van der Waals surface area contributed by atoms with Gasteiger partial charge in [-0.2, -0.15) is 0 Å². The van der Waals surface area contributed by atoms with Crippen molar-refractivity contribution in [2.75, 3.05) is 0 Å². The normalized spacial score (nSPS) is 12.5. The molecule has 60 valence electrons. The van der Waals surface area contributed by atoms with Gasteiger partial charge in [-0.1, -0.05) is 6.92 Å². The Balaban J connectivity index is 2.51. The molecule has 0 fully saturated rings. The predicted octanol–water partition coefficient (Wildman–Crippen LogP) is 1.65. The number of hydrogen-bond acceptors (Lipinski definition) is 3. The Labute approximate surface area is 66.4 Å². The molecule has 0 aliphatic heterocycles. The van der Waals surface area contributed by atoms with Crippen LogP contribution in [0.4, 0.5) is 0 Å². The molecule has 0 saturated carbocycles. The smallest absolute Gasteiger partial charge is 0.316 e. The molecule has 0 aromatic carbocycles. The van der Waals surface area contributed by atoms with Gasteiger partial charge in [0.25, 0.3) is 0 Å². The zero-order valence-corrected chi connectivity index (χ0v) is 6.82. The van der Waals surface area contributed by atoms with Crippen molar-refractivity contribution in [2.24, 2.45) is 0 Å². The first-order chi connectivity index (χ1) is 5.33. The second-order valence-electron chi connectivity index (χ2n) is 2.37. The molecular formula is C8H12N2O. The second kappa shape index (κ2) is 3.91. The largest absolute Gasteiger partial charge is 0.460 e. The molecule has 0 N–H and O–H groups in total. The summed E-state index contributed by atoms with van der Waals surface area (Å²) in [5.41, 5.74) is 0. The van der Waals surface area contributed by atoms with Crippen LogP contribution in [-0.2, 0) is 0 Å². The SMILES string of the molecule is CCC(C)Oc1ncccn1. The lowest BCUT2D eigenvalue weighted by atomic mass is 10.3. The lowest BCUT2D eigenvalue weighted by Gasteiger charge is -2.08. The zero-order valence-electron chi connectivity index (χ0n) is 6.82. The van der Waals surface area contributed by atoms with E-state index in [1.165, 1.54) is 0 Å². The summed E-state index contributed by atoms with van der Waals surface area (Å²) in [6.07, 6.45) is 4.51. The highest BCUT2D eigenvalue weighted by molar-refractivity contribution is 4.93. The van der Waals surface area contributed by atoms with Gasteiger partial charge in [0.15, 0.2) is 0 Å². The summed E-state index contributed by atoms with van der Waals surface area (Å²) in [7, 11) is 0. The van der Waals surface area contributed by atoms with E-state index in [4.69, 9.17) is 4.74 Å². The average Bonchev–Trinajstić information content (AvgIpc) is 2.06. The van der Waals surface area contributed by atoms with Gasteiger partial charge < -0.3 is 4.74 Å². The Bertz CT molecular complexity index is 201. The molecule has 0 radical (unpaired) electrons. The third-order valence-corrected chi connectivity index (χ3v) is 1.42. The maximum Gasteiger partial charge on any atom is 0.316 e. The van der Waals surface area contributed by atoms with Gasteiger partial charge in [0, 0.05) is 12.4 Å². The summed E-state index contributed by atoms with van der Waals surface area (Å²) >= 11 is 0. The van der Waals surface area contributed by atoms with E-state index in [0.717, 1.165) is 6.42 Å². The molecule has 3 nitrogen and oxygen atoms in total. The fraction of sp³-hybridized carbons (Fsp3) is 0.500. The topological polar surface area (TPSA) is 35.0 Å². The first-order valence-corrected chi connectivity index (χ1v) is 3.76. The van der Waals surface area contributed by atoms with Gasteiger partial charge in [-0.25, -0.2) is 9.97 Å². The van der Waals surface area contributed by atoms with E-state index in [1.54, 1.807) is 18.5 Å². The van der Waals surface area contributed by atoms with Crippen LogP contribution in [0, 0.1) is 0 Å². The molecule has 0 amide bonds. The molecule has 1 atom stereocenters. The maximum atomic E-state index is 5.34. The fourth-order valence-electron chi connectivity index (χ4n) is 0.610. The zero-order chi connectivity index (χ0) is 8.10. The maximum absolute atomic E-state index is 5.34. The number of rotatable bonds is 3. The van der Waals surface area contributed by atoms with Crippen molar-refractivity contribution >= 4 is 0 Å². The number of nitrogens with zero attached hydrogens (tertiary/aromatic N) is 2. The van der Waals surface area contributed by atoms with Gasteiger partial charge in [0.05, 0.1) is 6.10 Å². The van der Waals surface area contributed by atoms with Gasteiger partial charge >= 0.3 is 6.01 Å². The quantitative estimate of drug-likeness (QED) is 0.660. The lowest BCUT2D eigenvalue weighted by Crippen LogP contribution is -2.11. The van der Waals surface area contributed by atoms with Crippen molar-refractivity contribution in [2.45, 2.75) is 26.4 Å². The Morgan fingerprint density at radius 3 is 2.64 bits per heavy atom. The van der Waals surface area contributed by atoms with Crippen molar-refractivity contribution in [3.8, 4) is 6.01 Å². The highest BCUT2D eigenvalue weighted by atomic mass is 16.5. The second-order valence-corrected chi connectivity index (χ2v) is 2.37. The van der Waals surface area contributed by atoms with Gasteiger partial charge in [-0.15, -0.1) is 0 Å². The van der Waals surface area contributed by atoms with Crippen LogP contribution in [0.3, 0.4) is 0 Å². The molecule has 3 heteroatoms. The first kappa shape index (κ1) is 7.98. The highest BCUT2D eigenvalue weighted by Gasteiger charge is 2.00. The Hall–Kier alpha value is -1.12. The summed E-state index contributed by atoms with van der Waals surface area (Å²) in [4.78, 5) is 7.87. The van der Waals surface area contributed by atoms with E-state index in [0.29, 0.717) is 6.01 Å². The summed E-state index contributed by atoms with van der Waals surface area (Å²) in [6.45, 7) is 4.06. The number of ether oxygens (including phenoxy) is 1. The number of aromatic nitrogens is 2. The molecule has 1 rings (SSSR count). The standard InChI is InChI=1S/C8H12N2O/c1-3-7(2)11-8-9-5-4-6-10-8/h4-7H,3H2,1-2H3. The monoisotopic (exact) mass is 152 g/mol. The molecule has 1 aromatic heterocycles. The van der Waals surface area contributed by atoms with Crippen molar-refractivity contribution < 1.29 is 4.74 Å². The molecule has 0 spiro atoms. The third-order valence-electron chi connectivity index (χ3n) is 1.42. The average molecular weight is 152 g/mol. The van der Waals surface area contributed by atoms with Crippen molar-refractivity contribution in [3.05, 3.63) is 18.5 Å². The Morgan fingerprint density at radius 1 is 1.45 bits per heavy atom. The third kappa shape index (κ3) is 2.53. The lowest BCUT2D eigenvalue weighted by molar-refractivity contribution is 0.199. The van der Waals surface area contributed by atoms with Crippen LogP contribution in [0.5, 0.6) is 6.01 Å². The molecule has 1 unspecified atom stereocenters. The molecular weight excluding hydrogens is 140 g/mol. The predicted molar refractivity (Wildman–Crippen MR) is 42.4 cm³/mol. The Morgan fingerprint density at radius 2 is 2.09 bits per heavy atom. The van der Waals surface area contributed by atoms with Crippen LogP contribution in [0.2, 0.25) is 0 Å².